The Morgan fingerprint density at radius 1 is 1.25 bits per heavy atom. The molecule has 0 aromatic carbocycles. The molecule has 0 saturated carbocycles. The van der Waals surface area contributed by atoms with Crippen LogP contribution in [0.4, 0.5) is 0 Å². The maximum Gasteiger partial charge on any atom is 0.148 e. The van der Waals surface area contributed by atoms with Gasteiger partial charge in [0.05, 0.1) is 5.69 Å². The minimum Gasteiger partial charge on any atom is -0.313 e. The van der Waals surface area contributed by atoms with Crippen LogP contribution in [0.1, 0.15) is 43.8 Å². The fourth-order valence-corrected chi connectivity index (χ4v) is 2.17. The predicted octanol–water partition coefficient (Wildman–Crippen LogP) is 1.74. The highest BCUT2D eigenvalue weighted by atomic mass is 15.4. The van der Waals surface area contributed by atoms with E-state index < -0.39 is 0 Å². The quantitative estimate of drug-likeness (QED) is 0.746. The largest absolute Gasteiger partial charge is 0.313 e. The van der Waals surface area contributed by atoms with Crippen LogP contribution in [0.15, 0.2) is 12.5 Å². The average Bonchev–Trinajstić information content (AvgIpc) is 2.99. The monoisotopic (exact) mass is 276 g/mol. The molecule has 0 spiro atoms. The topological polar surface area (TPSA) is 60.6 Å². The van der Waals surface area contributed by atoms with E-state index in [4.69, 9.17) is 0 Å². The van der Waals surface area contributed by atoms with Gasteiger partial charge >= 0.3 is 0 Å². The van der Waals surface area contributed by atoms with Gasteiger partial charge in [0.25, 0.3) is 0 Å². The fraction of sp³-hybridized carbons (Fsp3) is 0.643. The third-order valence-electron chi connectivity index (χ3n) is 3.22. The zero-order valence-corrected chi connectivity index (χ0v) is 12.6. The Hall–Kier alpha value is -1.69. The third-order valence-corrected chi connectivity index (χ3v) is 3.22. The first-order valence-electron chi connectivity index (χ1n) is 7.34. The summed E-state index contributed by atoms with van der Waals surface area (Å²) in [6.07, 6.45) is 5.92. The summed E-state index contributed by atoms with van der Waals surface area (Å²) in [5.74, 6) is 0.961. The molecule has 0 aliphatic carbocycles. The van der Waals surface area contributed by atoms with Gasteiger partial charge in [-0.2, -0.15) is 10.2 Å². The van der Waals surface area contributed by atoms with Crippen molar-refractivity contribution in [3.05, 3.63) is 29.6 Å². The average molecular weight is 276 g/mol. The predicted molar refractivity (Wildman–Crippen MR) is 78.4 cm³/mol. The van der Waals surface area contributed by atoms with E-state index in [1.54, 1.807) is 6.33 Å². The molecule has 0 aliphatic rings. The van der Waals surface area contributed by atoms with Crippen LogP contribution < -0.4 is 5.32 Å². The van der Waals surface area contributed by atoms with Crippen molar-refractivity contribution < 1.29 is 0 Å². The Morgan fingerprint density at radius 3 is 2.85 bits per heavy atom. The van der Waals surface area contributed by atoms with Gasteiger partial charge in [-0.1, -0.05) is 13.8 Å². The molecule has 20 heavy (non-hydrogen) atoms. The van der Waals surface area contributed by atoms with Crippen molar-refractivity contribution in [2.45, 2.75) is 53.2 Å². The Kier molecular flexibility index (Phi) is 5.29. The lowest BCUT2D eigenvalue weighted by Gasteiger charge is -2.04. The molecule has 2 aromatic heterocycles. The summed E-state index contributed by atoms with van der Waals surface area (Å²) in [6.45, 7) is 9.85. The fourth-order valence-electron chi connectivity index (χ4n) is 2.17. The number of nitrogens with one attached hydrogen (secondary N) is 1. The molecule has 6 heteroatoms. The zero-order chi connectivity index (χ0) is 14.4. The molecule has 0 aliphatic heterocycles. The minimum absolute atomic E-state index is 0.675. The van der Waals surface area contributed by atoms with E-state index in [0.29, 0.717) is 6.54 Å². The molecule has 0 bridgehead atoms. The van der Waals surface area contributed by atoms with E-state index >= 15 is 0 Å². The van der Waals surface area contributed by atoms with E-state index in [1.807, 2.05) is 9.36 Å². The van der Waals surface area contributed by atoms with Crippen molar-refractivity contribution >= 4 is 0 Å². The molecule has 0 radical (unpaired) electrons. The molecule has 0 fully saturated rings. The van der Waals surface area contributed by atoms with Crippen LogP contribution >= 0.6 is 0 Å². The lowest BCUT2D eigenvalue weighted by molar-refractivity contribution is 0.538. The Morgan fingerprint density at radius 2 is 2.10 bits per heavy atom. The van der Waals surface area contributed by atoms with Crippen molar-refractivity contribution in [3.8, 4) is 0 Å². The smallest absolute Gasteiger partial charge is 0.148 e. The van der Waals surface area contributed by atoms with Gasteiger partial charge in [0.15, 0.2) is 0 Å². The molecule has 1 N–H and O–H groups in total. The maximum atomic E-state index is 4.56. The van der Waals surface area contributed by atoms with Gasteiger partial charge in [0.2, 0.25) is 0 Å². The summed E-state index contributed by atoms with van der Waals surface area (Å²) >= 11 is 0. The van der Waals surface area contributed by atoms with Gasteiger partial charge in [0.1, 0.15) is 18.7 Å². The summed E-state index contributed by atoms with van der Waals surface area (Å²) in [5.41, 5.74) is 2.33. The lowest BCUT2D eigenvalue weighted by atomic mass is 10.2. The number of aromatic nitrogens is 5. The Balaban J connectivity index is 2.02. The zero-order valence-electron chi connectivity index (χ0n) is 12.6. The number of hydrogen-bond donors (Lipinski definition) is 1. The standard InChI is InChI=1S/C14H24N6/c1-4-6-15-8-13-9-19(18-12(13)3)10-14-16-11-17-20(14)7-5-2/h9,11,15H,4-8,10H2,1-3H3. The van der Waals surface area contributed by atoms with Gasteiger partial charge in [-0.3, -0.25) is 4.68 Å². The third kappa shape index (κ3) is 3.66. The molecule has 2 rings (SSSR count). The Labute approximate surface area is 120 Å². The number of aryl methyl sites for hydroxylation is 2. The molecule has 0 unspecified atom stereocenters. The summed E-state index contributed by atoms with van der Waals surface area (Å²) in [4.78, 5) is 4.32. The first-order valence-corrected chi connectivity index (χ1v) is 7.34. The summed E-state index contributed by atoms with van der Waals surface area (Å²) in [7, 11) is 0. The molecular weight excluding hydrogens is 252 g/mol. The maximum absolute atomic E-state index is 4.56. The van der Waals surface area contributed by atoms with Crippen LogP contribution in [0.2, 0.25) is 0 Å². The van der Waals surface area contributed by atoms with Crippen LogP contribution in [0.5, 0.6) is 0 Å². The van der Waals surface area contributed by atoms with Crippen LogP contribution in [0, 0.1) is 6.92 Å². The van der Waals surface area contributed by atoms with Crippen LogP contribution in [0.25, 0.3) is 0 Å². The van der Waals surface area contributed by atoms with Crippen molar-refractivity contribution in [1.82, 2.24) is 29.9 Å². The first kappa shape index (κ1) is 14.7. The van der Waals surface area contributed by atoms with Gasteiger partial charge in [0, 0.05) is 24.8 Å². The summed E-state index contributed by atoms with van der Waals surface area (Å²) in [5, 5.41) is 12.2. The van der Waals surface area contributed by atoms with Gasteiger partial charge < -0.3 is 5.32 Å². The van der Waals surface area contributed by atoms with E-state index in [2.05, 4.69) is 47.5 Å². The normalized spacial score (nSPS) is 11.2. The van der Waals surface area contributed by atoms with Gasteiger partial charge in [-0.15, -0.1) is 0 Å². The van der Waals surface area contributed by atoms with Gasteiger partial charge in [-0.25, -0.2) is 9.67 Å². The molecule has 0 saturated heterocycles. The summed E-state index contributed by atoms with van der Waals surface area (Å²) in [6, 6.07) is 0. The number of hydrogen-bond acceptors (Lipinski definition) is 4. The SMILES string of the molecule is CCCNCc1cn(Cc2ncnn2CCC)nc1C. The second-order valence-electron chi connectivity index (χ2n) is 5.01. The second kappa shape index (κ2) is 7.19. The highest BCUT2D eigenvalue weighted by molar-refractivity contribution is 5.15. The molecule has 2 aromatic rings. The highest BCUT2D eigenvalue weighted by Crippen LogP contribution is 2.07. The molecule has 2 heterocycles. The first-order chi connectivity index (χ1) is 9.74. The highest BCUT2D eigenvalue weighted by Gasteiger charge is 2.08. The number of rotatable bonds is 8. The molecule has 0 amide bonds. The molecule has 110 valence electrons. The van der Waals surface area contributed by atoms with Crippen molar-refractivity contribution in [3.63, 3.8) is 0 Å². The van der Waals surface area contributed by atoms with E-state index in [1.165, 1.54) is 5.56 Å². The minimum atomic E-state index is 0.675. The lowest BCUT2D eigenvalue weighted by Crippen LogP contribution is -2.14. The van der Waals surface area contributed by atoms with E-state index in [-0.39, 0.29) is 0 Å². The van der Waals surface area contributed by atoms with Crippen molar-refractivity contribution in [2.24, 2.45) is 0 Å². The van der Waals surface area contributed by atoms with Crippen LogP contribution in [-0.2, 0) is 19.6 Å². The van der Waals surface area contributed by atoms with Crippen molar-refractivity contribution in [2.75, 3.05) is 6.54 Å². The molecule has 6 nitrogen and oxygen atoms in total. The molecular formula is C14H24N6. The van der Waals surface area contributed by atoms with E-state index in [0.717, 1.165) is 44.0 Å². The van der Waals surface area contributed by atoms with Crippen LogP contribution in [-0.4, -0.2) is 31.1 Å². The number of nitrogens with zero attached hydrogens (tertiary/aromatic N) is 5. The Bertz CT molecular complexity index is 528. The second-order valence-corrected chi connectivity index (χ2v) is 5.01. The van der Waals surface area contributed by atoms with Crippen LogP contribution in [0.3, 0.4) is 0 Å². The van der Waals surface area contributed by atoms with E-state index in [9.17, 15) is 0 Å². The molecule has 0 atom stereocenters. The summed E-state index contributed by atoms with van der Waals surface area (Å²) < 4.78 is 3.90. The van der Waals surface area contributed by atoms with Gasteiger partial charge in [-0.05, 0) is 26.3 Å². The van der Waals surface area contributed by atoms with Crippen molar-refractivity contribution in [1.29, 1.82) is 0 Å².